The summed E-state index contributed by atoms with van der Waals surface area (Å²) in [4.78, 5) is 0. The molecule has 0 saturated carbocycles. The first-order valence-electron chi connectivity index (χ1n) is 4.25. The lowest BCUT2D eigenvalue weighted by molar-refractivity contribution is 0.429. The summed E-state index contributed by atoms with van der Waals surface area (Å²) in [6.07, 6.45) is 1.24. The Morgan fingerprint density at radius 2 is 2.00 bits per heavy atom. The number of nitrogens with two attached hydrogens (primary N) is 1. The van der Waals surface area contributed by atoms with Crippen molar-refractivity contribution in [1.82, 2.24) is 5.16 Å². The molecule has 5 heteroatoms. The molecule has 0 unspecified atom stereocenters. The molecule has 0 amide bonds. The minimum atomic E-state index is -0.586. The average molecular weight is 210 g/mol. The molecule has 0 aliphatic carbocycles. The molecule has 1 aromatic heterocycles. The number of halogens is 2. The fourth-order valence-corrected chi connectivity index (χ4v) is 1.27. The predicted octanol–water partition coefficient (Wildman–Crippen LogP) is 2.51. The highest BCUT2D eigenvalue weighted by Gasteiger charge is 2.15. The highest BCUT2D eigenvalue weighted by atomic mass is 19.1. The summed E-state index contributed by atoms with van der Waals surface area (Å²) in [5, 5.41) is 3.40. The topological polar surface area (TPSA) is 52.0 Å². The van der Waals surface area contributed by atoms with E-state index in [-0.39, 0.29) is 22.6 Å². The molecule has 0 atom stereocenters. The number of nitrogen functional groups attached to an aromatic ring is 1. The molecular formula is C10H8F2N2O. The third kappa shape index (κ3) is 1.56. The Bertz CT molecular complexity index is 508. The number of aromatic nitrogens is 1. The van der Waals surface area contributed by atoms with Gasteiger partial charge in [-0.05, 0) is 24.6 Å². The monoisotopic (exact) mass is 210 g/mol. The first kappa shape index (κ1) is 9.64. The van der Waals surface area contributed by atoms with Gasteiger partial charge in [-0.25, -0.2) is 8.78 Å². The van der Waals surface area contributed by atoms with Crippen LogP contribution < -0.4 is 5.73 Å². The van der Waals surface area contributed by atoms with Gasteiger partial charge in [0.2, 0.25) is 0 Å². The van der Waals surface area contributed by atoms with Crippen molar-refractivity contribution in [3.8, 4) is 11.3 Å². The Kier molecular flexibility index (Phi) is 2.15. The third-order valence-electron chi connectivity index (χ3n) is 2.09. The van der Waals surface area contributed by atoms with Crippen molar-refractivity contribution in [1.29, 1.82) is 0 Å². The number of aryl methyl sites for hydroxylation is 1. The number of rotatable bonds is 1. The molecule has 78 valence electrons. The van der Waals surface area contributed by atoms with Crippen LogP contribution in [-0.2, 0) is 0 Å². The lowest BCUT2D eigenvalue weighted by Crippen LogP contribution is -1.92. The van der Waals surface area contributed by atoms with Gasteiger partial charge in [-0.2, -0.15) is 0 Å². The highest BCUT2D eigenvalue weighted by Crippen LogP contribution is 2.29. The lowest BCUT2D eigenvalue weighted by Gasteiger charge is -2.02. The van der Waals surface area contributed by atoms with E-state index in [1.54, 1.807) is 0 Å². The van der Waals surface area contributed by atoms with Crippen molar-refractivity contribution in [2.24, 2.45) is 0 Å². The van der Waals surface area contributed by atoms with E-state index in [1.165, 1.54) is 13.1 Å². The molecule has 2 rings (SSSR count). The smallest absolute Gasteiger partial charge is 0.192 e. The van der Waals surface area contributed by atoms with Crippen molar-refractivity contribution in [3.63, 3.8) is 0 Å². The largest absolute Gasteiger partial charge is 0.394 e. The van der Waals surface area contributed by atoms with Gasteiger partial charge < -0.3 is 10.3 Å². The molecule has 0 aliphatic rings. The Morgan fingerprint density at radius 3 is 2.60 bits per heavy atom. The van der Waals surface area contributed by atoms with Crippen molar-refractivity contribution >= 4 is 5.69 Å². The van der Waals surface area contributed by atoms with Crippen LogP contribution in [0.15, 0.2) is 22.9 Å². The summed E-state index contributed by atoms with van der Waals surface area (Å²) in [5.74, 6) is -1.05. The maximum Gasteiger partial charge on any atom is 0.192 e. The average Bonchev–Trinajstić information content (AvgIpc) is 2.58. The van der Waals surface area contributed by atoms with Crippen LogP contribution in [0, 0.1) is 18.6 Å². The van der Waals surface area contributed by atoms with Crippen LogP contribution >= 0.6 is 0 Å². The molecule has 1 heterocycles. The normalized spacial score (nSPS) is 10.6. The predicted molar refractivity (Wildman–Crippen MR) is 51.0 cm³/mol. The third-order valence-corrected chi connectivity index (χ3v) is 2.09. The maximum absolute atomic E-state index is 13.5. The van der Waals surface area contributed by atoms with Gasteiger partial charge in [-0.15, -0.1) is 0 Å². The van der Waals surface area contributed by atoms with Gasteiger partial charge in [-0.3, -0.25) is 0 Å². The van der Waals surface area contributed by atoms with Gasteiger partial charge in [0.25, 0.3) is 0 Å². The molecule has 1 aromatic carbocycles. The SMILES string of the molecule is Cc1cc(F)c(-c2oncc2N)cc1F. The Hall–Kier alpha value is -1.91. The minimum Gasteiger partial charge on any atom is -0.394 e. The molecule has 0 radical (unpaired) electrons. The summed E-state index contributed by atoms with van der Waals surface area (Å²) >= 11 is 0. The maximum atomic E-state index is 13.5. The van der Waals surface area contributed by atoms with Crippen LogP contribution in [0.4, 0.5) is 14.5 Å². The second-order valence-corrected chi connectivity index (χ2v) is 3.19. The Morgan fingerprint density at radius 1 is 1.27 bits per heavy atom. The number of anilines is 1. The summed E-state index contributed by atoms with van der Waals surface area (Å²) in [6, 6.07) is 2.13. The molecular weight excluding hydrogens is 202 g/mol. The molecule has 0 bridgehead atoms. The summed E-state index contributed by atoms with van der Waals surface area (Å²) in [5.41, 5.74) is 5.87. The molecule has 0 fully saturated rings. The van der Waals surface area contributed by atoms with Gasteiger partial charge in [-0.1, -0.05) is 5.16 Å². The fraction of sp³-hybridized carbons (Fsp3) is 0.100. The first-order valence-corrected chi connectivity index (χ1v) is 4.25. The number of hydrogen-bond acceptors (Lipinski definition) is 3. The van der Waals surface area contributed by atoms with Crippen molar-refractivity contribution in [2.75, 3.05) is 5.73 Å². The zero-order valence-electron chi connectivity index (χ0n) is 7.92. The van der Waals surface area contributed by atoms with E-state index < -0.39 is 11.6 Å². The van der Waals surface area contributed by atoms with Crippen molar-refractivity contribution in [3.05, 3.63) is 35.5 Å². The van der Waals surface area contributed by atoms with Gasteiger partial charge in [0.15, 0.2) is 5.76 Å². The van der Waals surface area contributed by atoms with Gasteiger partial charge >= 0.3 is 0 Å². The summed E-state index contributed by atoms with van der Waals surface area (Å²) < 4.78 is 31.4. The van der Waals surface area contributed by atoms with Crippen LogP contribution in [0.5, 0.6) is 0 Å². The molecule has 0 spiro atoms. The van der Waals surface area contributed by atoms with Crippen LogP contribution in [-0.4, -0.2) is 5.16 Å². The quantitative estimate of drug-likeness (QED) is 0.786. The van der Waals surface area contributed by atoms with Gasteiger partial charge in [0.1, 0.15) is 17.3 Å². The molecule has 15 heavy (non-hydrogen) atoms. The van der Waals surface area contributed by atoms with Gasteiger partial charge in [0.05, 0.1) is 11.8 Å². The Labute approximate surface area is 84.5 Å². The minimum absolute atomic E-state index is 0.0203. The first-order chi connectivity index (χ1) is 7.09. The number of hydrogen-bond donors (Lipinski definition) is 1. The molecule has 2 aromatic rings. The second kappa shape index (κ2) is 3.34. The number of benzene rings is 1. The van der Waals surface area contributed by atoms with Crippen LogP contribution in [0.2, 0.25) is 0 Å². The van der Waals surface area contributed by atoms with Crippen LogP contribution in [0.3, 0.4) is 0 Å². The zero-order chi connectivity index (χ0) is 11.0. The van der Waals surface area contributed by atoms with E-state index in [9.17, 15) is 8.78 Å². The fourth-order valence-electron chi connectivity index (χ4n) is 1.27. The molecule has 3 nitrogen and oxygen atoms in total. The molecule has 0 saturated heterocycles. The second-order valence-electron chi connectivity index (χ2n) is 3.19. The van der Waals surface area contributed by atoms with E-state index in [0.717, 1.165) is 12.1 Å². The van der Waals surface area contributed by atoms with Gasteiger partial charge in [0, 0.05) is 0 Å². The van der Waals surface area contributed by atoms with Crippen LogP contribution in [0.1, 0.15) is 5.56 Å². The summed E-state index contributed by atoms with van der Waals surface area (Å²) in [6.45, 7) is 1.48. The molecule has 2 N–H and O–H groups in total. The lowest BCUT2D eigenvalue weighted by atomic mass is 10.1. The van der Waals surface area contributed by atoms with E-state index in [4.69, 9.17) is 10.3 Å². The van der Waals surface area contributed by atoms with E-state index in [2.05, 4.69) is 5.16 Å². The highest BCUT2D eigenvalue weighted by molar-refractivity contribution is 5.70. The standard InChI is InChI=1S/C10H8F2N2O/c1-5-2-8(12)6(3-7(5)11)10-9(13)4-14-15-10/h2-4H,13H2,1H3. The van der Waals surface area contributed by atoms with Crippen LogP contribution in [0.25, 0.3) is 11.3 Å². The van der Waals surface area contributed by atoms with Crippen molar-refractivity contribution < 1.29 is 13.3 Å². The molecule has 0 aliphatic heterocycles. The summed E-state index contributed by atoms with van der Waals surface area (Å²) in [7, 11) is 0. The van der Waals surface area contributed by atoms with E-state index >= 15 is 0 Å². The van der Waals surface area contributed by atoms with E-state index in [1.807, 2.05) is 0 Å². The number of nitrogens with zero attached hydrogens (tertiary/aromatic N) is 1. The van der Waals surface area contributed by atoms with Crippen molar-refractivity contribution in [2.45, 2.75) is 6.92 Å². The van der Waals surface area contributed by atoms with E-state index in [0.29, 0.717) is 0 Å². The zero-order valence-corrected chi connectivity index (χ0v) is 7.92. The Balaban J connectivity index is 2.64.